The summed E-state index contributed by atoms with van der Waals surface area (Å²) in [5.74, 6) is -0.348. The van der Waals surface area contributed by atoms with Crippen molar-refractivity contribution >= 4 is 23.5 Å². The van der Waals surface area contributed by atoms with Crippen LogP contribution in [0.1, 0.15) is 27.7 Å². The number of benzene rings is 1. The molecule has 0 saturated carbocycles. The van der Waals surface area contributed by atoms with Crippen LogP contribution in [0.5, 0.6) is 0 Å². The summed E-state index contributed by atoms with van der Waals surface area (Å²) < 4.78 is 25.4. The van der Waals surface area contributed by atoms with Gasteiger partial charge in [0.05, 0.1) is 11.2 Å². The van der Waals surface area contributed by atoms with Gasteiger partial charge in [-0.1, -0.05) is 12.1 Å². The fraction of sp³-hybridized carbons (Fsp3) is 0.429. The summed E-state index contributed by atoms with van der Waals surface area (Å²) in [7, 11) is -0.469. The third-order valence-electron chi connectivity index (χ3n) is 4.17. The van der Waals surface area contributed by atoms with Gasteiger partial charge in [-0.3, -0.25) is 0 Å². The van der Waals surface area contributed by atoms with Gasteiger partial charge in [0.25, 0.3) is 0 Å². The zero-order valence-corrected chi connectivity index (χ0v) is 11.6. The molecular formula is C14H17BFNO2. The average Bonchev–Trinajstić information content (AvgIpc) is 2.75. The minimum absolute atomic E-state index is 0.348. The van der Waals surface area contributed by atoms with Crippen molar-refractivity contribution in [3.63, 3.8) is 0 Å². The van der Waals surface area contributed by atoms with Crippen LogP contribution in [0.25, 0.3) is 10.9 Å². The second-order valence-corrected chi connectivity index (χ2v) is 6.01. The van der Waals surface area contributed by atoms with Crippen LogP contribution in [0.3, 0.4) is 0 Å². The Bertz CT molecular complexity index is 619. The maximum atomic E-state index is 13.4. The highest BCUT2D eigenvalue weighted by molar-refractivity contribution is 6.65. The summed E-state index contributed by atoms with van der Waals surface area (Å²) in [6, 6.07) is 7.11. The molecule has 0 bridgehead atoms. The number of H-pyrrole nitrogens is 1. The molecule has 1 saturated heterocycles. The predicted molar refractivity (Wildman–Crippen MR) is 74.0 cm³/mol. The molecule has 0 atom stereocenters. The van der Waals surface area contributed by atoms with Crippen LogP contribution in [0, 0.1) is 5.95 Å². The lowest BCUT2D eigenvalue weighted by atomic mass is 9.77. The lowest BCUT2D eigenvalue weighted by molar-refractivity contribution is 0.00578. The van der Waals surface area contributed by atoms with Gasteiger partial charge < -0.3 is 14.3 Å². The van der Waals surface area contributed by atoms with E-state index in [1.54, 1.807) is 0 Å². The van der Waals surface area contributed by atoms with Crippen LogP contribution in [0.2, 0.25) is 0 Å². The first-order chi connectivity index (χ1) is 8.80. The first-order valence-electron chi connectivity index (χ1n) is 6.43. The van der Waals surface area contributed by atoms with Gasteiger partial charge in [-0.2, -0.15) is 4.39 Å². The van der Waals surface area contributed by atoms with Gasteiger partial charge >= 0.3 is 7.12 Å². The standard InChI is InChI=1S/C14H17BFNO2/c1-13(2)14(3,4)19-15(18-13)10-6-5-7-11-9(10)8-12(16)17-11/h5-8,17H,1-4H3. The maximum absolute atomic E-state index is 13.4. The molecule has 1 aromatic carbocycles. The number of hydrogen-bond donors (Lipinski definition) is 1. The number of aromatic nitrogens is 1. The molecule has 2 heterocycles. The van der Waals surface area contributed by atoms with E-state index in [2.05, 4.69) is 4.98 Å². The molecule has 3 rings (SSSR count). The molecular weight excluding hydrogens is 244 g/mol. The average molecular weight is 261 g/mol. The van der Waals surface area contributed by atoms with Gasteiger partial charge in [0.15, 0.2) is 5.95 Å². The van der Waals surface area contributed by atoms with Crippen molar-refractivity contribution in [2.24, 2.45) is 0 Å². The van der Waals surface area contributed by atoms with Crippen molar-refractivity contribution in [1.82, 2.24) is 4.98 Å². The first kappa shape index (κ1) is 12.7. The zero-order chi connectivity index (χ0) is 13.8. The molecule has 1 N–H and O–H groups in total. The van der Waals surface area contributed by atoms with Crippen LogP contribution in [-0.2, 0) is 9.31 Å². The van der Waals surface area contributed by atoms with Crippen molar-refractivity contribution in [2.45, 2.75) is 38.9 Å². The second-order valence-electron chi connectivity index (χ2n) is 6.01. The van der Waals surface area contributed by atoms with Gasteiger partial charge in [-0.25, -0.2) is 0 Å². The Balaban J connectivity index is 2.07. The normalized spacial score (nSPS) is 21.2. The number of halogens is 1. The summed E-state index contributed by atoms with van der Waals surface area (Å²) in [5, 5.41) is 0.804. The van der Waals surface area contributed by atoms with Crippen LogP contribution in [0.4, 0.5) is 4.39 Å². The molecule has 19 heavy (non-hydrogen) atoms. The van der Waals surface area contributed by atoms with Crippen LogP contribution < -0.4 is 5.46 Å². The molecule has 3 nitrogen and oxygen atoms in total. The number of aromatic amines is 1. The highest BCUT2D eigenvalue weighted by atomic mass is 19.1. The summed E-state index contributed by atoms with van der Waals surface area (Å²) in [5.41, 5.74) is 0.824. The topological polar surface area (TPSA) is 34.2 Å². The molecule has 100 valence electrons. The quantitative estimate of drug-likeness (QED) is 0.800. The van der Waals surface area contributed by atoms with Gasteiger partial charge in [-0.05, 0) is 39.2 Å². The van der Waals surface area contributed by atoms with E-state index in [0.29, 0.717) is 0 Å². The smallest absolute Gasteiger partial charge is 0.399 e. The molecule has 1 aliphatic heterocycles. The molecule has 0 unspecified atom stereocenters. The SMILES string of the molecule is CC1(C)OB(c2cccc3[nH]c(F)cc23)OC1(C)C. The van der Waals surface area contributed by atoms with E-state index in [1.165, 1.54) is 6.07 Å². The summed E-state index contributed by atoms with van der Waals surface area (Å²) in [4.78, 5) is 2.69. The fourth-order valence-electron chi connectivity index (χ4n) is 2.32. The first-order valence-corrected chi connectivity index (χ1v) is 6.43. The number of rotatable bonds is 1. The van der Waals surface area contributed by atoms with Gasteiger partial charge in [-0.15, -0.1) is 0 Å². The van der Waals surface area contributed by atoms with E-state index < -0.39 is 18.3 Å². The van der Waals surface area contributed by atoms with E-state index in [4.69, 9.17) is 9.31 Å². The number of hydrogen-bond acceptors (Lipinski definition) is 2. The monoisotopic (exact) mass is 261 g/mol. The van der Waals surface area contributed by atoms with E-state index in [0.717, 1.165) is 16.4 Å². The lowest BCUT2D eigenvalue weighted by Crippen LogP contribution is -2.41. The molecule has 0 amide bonds. The van der Waals surface area contributed by atoms with Crippen molar-refractivity contribution in [2.75, 3.05) is 0 Å². The molecule has 0 radical (unpaired) electrons. The minimum Gasteiger partial charge on any atom is -0.399 e. The molecule has 1 fully saturated rings. The van der Waals surface area contributed by atoms with Crippen molar-refractivity contribution in [1.29, 1.82) is 0 Å². The summed E-state index contributed by atoms with van der Waals surface area (Å²) in [6.45, 7) is 8.02. The molecule has 1 aromatic heterocycles. The molecule has 0 aliphatic carbocycles. The fourth-order valence-corrected chi connectivity index (χ4v) is 2.32. The number of fused-ring (bicyclic) bond motifs is 1. The Labute approximate surface area is 112 Å². The van der Waals surface area contributed by atoms with Crippen LogP contribution in [0.15, 0.2) is 24.3 Å². The molecule has 1 aliphatic rings. The third kappa shape index (κ3) is 1.88. The predicted octanol–water partition coefficient (Wildman–Crippen LogP) is 2.61. The third-order valence-corrected chi connectivity index (χ3v) is 4.17. The Kier molecular flexibility index (Phi) is 2.56. The highest BCUT2D eigenvalue weighted by Gasteiger charge is 2.52. The van der Waals surface area contributed by atoms with E-state index in [1.807, 2.05) is 45.9 Å². The number of nitrogens with one attached hydrogen (secondary N) is 1. The Hall–Kier alpha value is -1.33. The Morgan fingerprint density at radius 3 is 2.37 bits per heavy atom. The summed E-state index contributed by atoms with van der Waals surface area (Å²) in [6.07, 6.45) is 0. The maximum Gasteiger partial charge on any atom is 0.495 e. The molecule has 0 spiro atoms. The van der Waals surface area contributed by atoms with E-state index >= 15 is 0 Å². The van der Waals surface area contributed by atoms with Crippen molar-refractivity contribution < 1.29 is 13.7 Å². The summed E-state index contributed by atoms with van der Waals surface area (Å²) >= 11 is 0. The van der Waals surface area contributed by atoms with Gasteiger partial charge in [0.2, 0.25) is 0 Å². The largest absolute Gasteiger partial charge is 0.495 e. The Morgan fingerprint density at radius 2 is 1.74 bits per heavy atom. The van der Waals surface area contributed by atoms with Gasteiger partial charge in [0, 0.05) is 17.0 Å². The highest BCUT2D eigenvalue weighted by Crippen LogP contribution is 2.37. The second kappa shape index (κ2) is 3.84. The Morgan fingerprint density at radius 1 is 1.11 bits per heavy atom. The molecule has 2 aromatic rings. The molecule has 5 heteroatoms. The van der Waals surface area contributed by atoms with E-state index in [9.17, 15) is 4.39 Å². The van der Waals surface area contributed by atoms with Gasteiger partial charge in [0.1, 0.15) is 0 Å². The van der Waals surface area contributed by atoms with E-state index in [-0.39, 0.29) is 5.95 Å². The van der Waals surface area contributed by atoms with Crippen molar-refractivity contribution in [3.8, 4) is 0 Å². The van der Waals surface area contributed by atoms with Crippen molar-refractivity contribution in [3.05, 3.63) is 30.2 Å². The zero-order valence-electron chi connectivity index (χ0n) is 11.6. The van der Waals surface area contributed by atoms with Crippen LogP contribution >= 0.6 is 0 Å². The minimum atomic E-state index is -0.469. The van der Waals surface area contributed by atoms with Crippen LogP contribution in [-0.4, -0.2) is 23.3 Å². The lowest BCUT2D eigenvalue weighted by Gasteiger charge is -2.32.